The average molecular weight is 406 g/mol. The Hall–Kier alpha value is -1.97. The zero-order valence-electron chi connectivity index (χ0n) is 15.9. The summed E-state index contributed by atoms with van der Waals surface area (Å²) >= 11 is 3.03. The number of Topliss-reactive ketones (excluding diaryl/α,β-unsaturated/α-hetero) is 1. The van der Waals surface area contributed by atoms with Gasteiger partial charge in [0, 0.05) is 28.9 Å². The summed E-state index contributed by atoms with van der Waals surface area (Å²) in [7, 11) is 1.69. The van der Waals surface area contributed by atoms with Gasteiger partial charge in [-0.3, -0.25) is 4.79 Å². The molecule has 0 saturated heterocycles. The second-order valence-electron chi connectivity index (χ2n) is 6.37. The van der Waals surface area contributed by atoms with Crippen LogP contribution in [0.4, 0.5) is 0 Å². The summed E-state index contributed by atoms with van der Waals surface area (Å²) in [4.78, 5) is 14.0. The molecule has 1 atom stereocenters. The molecule has 3 aromatic rings. The number of carbonyl (C=O) groups is 1. The molecule has 0 amide bonds. The molecule has 0 saturated carbocycles. The first kappa shape index (κ1) is 19.8. The van der Waals surface area contributed by atoms with Crippen LogP contribution in [0.2, 0.25) is 0 Å². The minimum atomic E-state index is 0.0784. The van der Waals surface area contributed by atoms with Crippen molar-refractivity contribution < 1.29 is 9.53 Å². The van der Waals surface area contributed by atoms with Gasteiger partial charge in [0.05, 0.1) is 24.9 Å². The monoisotopic (exact) mass is 405 g/mol. The first-order chi connectivity index (χ1) is 13.0. The molecule has 3 aromatic heterocycles. The first-order valence-electron chi connectivity index (χ1n) is 8.63. The highest BCUT2D eigenvalue weighted by atomic mass is 32.2. The lowest BCUT2D eigenvalue weighted by molar-refractivity contribution is 0.102. The van der Waals surface area contributed by atoms with E-state index in [9.17, 15) is 4.79 Å². The van der Waals surface area contributed by atoms with E-state index in [1.165, 1.54) is 16.6 Å². The molecule has 0 aliphatic rings. The van der Waals surface area contributed by atoms with Crippen LogP contribution < -0.4 is 0 Å². The van der Waals surface area contributed by atoms with Crippen molar-refractivity contribution >= 4 is 28.9 Å². The van der Waals surface area contributed by atoms with Gasteiger partial charge in [0.1, 0.15) is 0 Å². The molecule has 0 aromatic carbocycles. The van der Waals surface area contributed by atoms with Gasteiger partial charge in [-0.25, -0.2) is 4.68 Å². The minimum absolute atomic E-state index is 0.0784. The van der Waals surface area contributed by atoms with Gasteiger partial charge in [0.15, 0.2) is 5.78 Å². The number of thiophene rings is 1. The molecule has 7 nitrogen and oxygen atoms in total. The number of methoxy groups -OCH3 is 1. The van der Waals surface area contributed by atoms with E-state index in [0.717, 1.165) is 17.0 Å². The van der Waals surface area contributed by atoms with Gasteiger partial charge in [0.2, 0.25) is 5.16 Å². The number of thioether (sulfide) groups is 1. The molecule has 0 aliphatic carbocycles. The Balaban J connectivity index is 1.69. The number of ketones is 1. The molecule has 0 spiro atoms. The van der Waals surface area contributed by atoms with Gasteiger partial charge >= 0.3 is 0 Å². The molecule has 0 unspecified atom stereocenters. The normalized spacial score (nSPS) is 12.4. The Labute approximate surface area is 166 Å². The molecule has 0 N–H and O–H groups in total. The Morgan fingerprint density at radius 2 is 2.22 bits per heavy atom. The number of nitrogens with zero attached hydrogens (tertiary/aromatic N) is 5. The van der Waals surface area contributed by atoms with Gasteiger partial charge in [-0.05, 0) is 48.7 Å². The first-order valence-corrected chi connectivity index (χ1v) is 10.5. The summed E-state index contributed by atoms with van der Waals surface area (Å²) in [5, 5.41) is 14.5. The molecular formula is C18H23N5O2S2. The fraction of sp³-hybridized carbons (Fsp3) is 0.444. The maximum Gasteiger partial charge on any atom is 0.210 e. The molecule has 0 aliphatic heterocycles. The standard InChI is InChI=1S/C18H23N5O2S2/c1-12-8-16(14(3)23(12)13(2)10-25-4)17(24)11-27-18-19-20-21-22(18)9-15-6-5-7-26-15/h5-8,13H,9-11H2,1-4H3/t13-/m1/s1. The highest BCUT2D eigenvalue weighted by Gasteiger charge is 2.20. The molecular weight excluding hydrogens is 382 g/mol. The summed E-state index contributed by atoms with van der Waals surface area (Å²) in [6.45, 7) is 7.31. The molecule has 0 fully saturated rings. The number of ether oxygens (including phenoxy) is 1. The molecule has 0 bridgehead atoms. The van der Waals surface area contributed by atoms with Gasteiger partial charge in [-0.2, -0.15) is 0 Å². The maximum absolute atomic E-state index is 12.8. The Bertz CT molecular complexity index is 901. The van der Waals surface area contributed by atoms with E-state index in [1.54, 1.807) is 23.1 Å². The van der Waals surface area contributed by atoms with Crippen molar-refractivity contribution in [3.05, 3.63) is 45.4 Å². The second-order valence-corrected chi connectivity index (χ2v) is 8.34. The van der Waals surface area contributed by atoms with Crippen LogP contribution in [0.25, 0.3) is 0 Å². The number of aryl methyl sites for hydroxylation is 1. The molecule has 0 radical (unpaired) electrons. The third-order valence-electron chi connectivity index (χ3n) is 4.35. The zero-order chi connectivity index (χ0) is 19.4. The zero-order valence-corrected chi connectivity index (χ0v) is 17.5. The second kappa shape index (κ2) is 8.81. The van der Waals surface area contributed by atoms with E-state index in [-0.39, 0.29) is 11.8 Å². The van der Waals surface area contributed by atoms with Gasteiger partial charge < -0.3 is 9.30 Å². The van der Waals surface area contributed by atoms with Crippen LogP contribution in [0.5, 0.6) is 0 Å². The van der Waals surface area contributed by atoms with E-state index in [4.69, 9.17) is 4.74 Å². The topological polar surface area (TPSA) is 74.8 Å². The largest absolute Gasteiger partial charge is 0.383 e. The molecule has 3 heterocycles. The fourth-order valence-corrected chi connectivity index (χ4v) is 4.66. The van der Waals surface area contributed by atoms with Gasteiger partial charge in [-0.15, -0.1) is 16.4 Å². The van der Waals surface area contributed by atoms with Crippen LogP contribution in [0, 0.1) is 13.8 Å². The van der Waals surface area contributed by atoms with E-state index in [1.807, 2.05) is 37.4 Å². The van der Waals surface area contributed by atoms with Crippen LogP contribution in [0.1, 0.15) is 39.6 Å². The summed E-state index contributed by atoms with van der Waals surface area (Å²) < 4.78 is 9.14. The quantitative estimate of drug-likeness (QED) is 0.401. The number of carbonyl (C=O) groups excluding carboxylic acids is 1. The van der Waals surface area contributed by atoms with Crippen molar-refractivity contribution in [2.24, 2.45) is 0 Å². The molecule has 144 valence electrons. The van der Waals surface area contributed by atoms with E-state index >= 15 is 0 Å². The summed E-state index contributed by atoms with van der Waals surface area (Å²) in [6, 6.07) is 6.18. The third kappa shape index (κ3) is 4.48. The SMILES string of the molecule is COC[C@@H](C)n1c(C)cc(C(=O)CSc2nnnn2Cc2cccs2)c1C. The number of aromatic nitrogens is 5. The highest BCUT2D eigenvalue weighted by molar-refractivity contribution is 7.99. The molecule has 3 rings (SSSR count). The van der Waals surface area contributed by atoms with Crippen LogP contribution in [-0.2, 0) is 11.3 Å². The predicted octanol–water partition coefficient (Wildman–Crippen LogP) is 3.38. The predicted molar refractivity (Wildman–Crippen MR) is 107 cm³/mol. The van der Waals surface area contributed by atoms with Crippen LogP contribution >= 0.6 is 23.1 Å². The van der Waals surface area contributed by atoms with Crippen molar-refractivity contribution in [1.29, 1.82) is 0 Å². The smallest absolute Gasteiger partial charge is 0.210 e. The minimum Gasteiger partial charge on any atom is -0.383 e. The maximum atomic E-state index is 12.8. The van der Waals surface area contributed by atoms with E-state index < -0.39 is 0 Å². The number of hydrogen-bond acceptors (Lipinski definition) is 7. The number of rotatable bonds is 9. The van der Waals surface area contributed by atoms with Crippen LogP contribution in [-0.4, -0.2) is 50.0 Å². The number of tetrazole rings is 1. The van der Waals surface area contributed by atoms with Crippen LogP contribution in [0.15, 0.2) is 28.7 Å². The van der Waals surface area contributed by atoms with Gasteiger partial charge in [0.25, 0.3) is 0 Å². The van der Waals surface area contributed by atoms with Crippen molar-refractivity contribution in [3.8, 4) is 0 Å². The molecule has 27 heavy (non-hydrogen) atoms. The van der Waals surface area contributed by atoms with Crippen LogP contribution in [0.3, 0.4) is 0 Å². The summed E-state index contributed by atoms with van der Waals surface area (Å²) in [5.74, 6) is 0.378. The Morgan fingerprint density at radius 3 is 2.93 bits per heavy atom. The van der Waals surface area contributed by atoms with Crippen molar-refractivity contribution in [3.63, 3.8) is 0 Å². The summed E-state index contributed by atoms with van der Waals surface area (Å²) in [6.07, 6.45) is 0. The van der Waals surface area contributed by atoms with E-state index in [2.05, 4.69) is 27.0 Å². The number of hydrogen-bond donors (Lipinski definition) is 0. The van der Waals surface area contributed by atoms with Crippen molar-refractivity contribution in [1.82, 2.24) is 24.8 Å². The third-order valence-corrected chi connectivity index (χ3v) is 6.17. The lowest BCUT2D eigenvalue weighted by atomic mass is 10.2. The molecule has 9 heteroatoms. The highest BCUT2D eigenvalue weighted by Crippen LogP contribution is 2.24. The van der Waals surface area contributed by atoms with Crippen molar-refractivity contribution in [2.45, 2.75) is 38.5 Å². The Kier molecular flexibility index (Phi) is 6.46. The lowest BCUT2D eigenvalue weighted by Gasteiger charge is -2.17. The van der Waals surface area contributed by atoms with E-state index in [0.29, 0.717) is 24.1 Å². The average Bonchev–Trinajstić information content (AvgIpc) is 3.35. The van der Waals surface area contributed by atoms with Gasteiger partial charge in [-0.1, -0.05) is 17.8 Å². The Morgan fingerprint density at radius 1 is 1.41 bits per heavy atom. The summed E-state index contributed by atoms with van der Waals surface area (Å²) in [5.41, 5.74) is 2.79. The fourth-order valence-electron chi connectivity index (χ4n) is 3.21. The van der Waals surface area contributed by atoms with Crippen molar-refractivity contribution in [2.75, 3.05) is 19.5 Å². The lowest BCUT2D eigenvalue weighted by Crippen LogP contribution is -2.15.